The minimum atomic E-state index is -3.98. The van der Waals surface area contributed by atoms with Gasteiger partial charge in [-0.05, 0) is 73.0 Å². The van der Waals surface area contributed by atoms with Crippen molar-refractivity contribution in [1.29, 1.82) is 0 Å². The molecule has 3 aliphatic heterocycles. The number of hydrogen-bond donors (Lipinski definition) is 2. The predicted molar refractivity (Wildman–Crippen MR) is 193 cm³/mol. The molecular weight excluding hydrogens is 705 g/mol. The van der Waals surface area contributed by atoms with Gasteiger partial charge in [-0.15, -0.1) is 0 Å². The second-order valence-corrected chi connectivity index (χ2v) is 14.9. The maximum absolute atomic E-state index is 14.1. The zero-order chi connectivity index (χ0) is 37.6. The molecule has 15 heteroatoms. The van der Waals surface area contributed by atoms with Gasteiger partial charge in [-0.25, -0.2) is 13.2 Å². The van der Waals surface area contributed by atoms with Crippen LogP contribution in [0.5, 0.6) is 5.75 Å². The maximum atomic E-state index is 14.1. The van der Waals surface area contributed by atoms with Gasteiger partial charge in [-0.2, -0.15) is 4.31 Å². The van der Waals surface area contributed by atoms with Crippen LogP contribution >= 0.6 is 0 Å². The van der Waals surface area contributed by atoms with Crippen LogP contribution in [0.25, 0.3) is 0 Å². The van der Waals surface area contributed by atoms with Crippen LogP contribution in [0.4, 0.5) is 5.69 Å². The molecule has 3 aliphatic rings. The summed E-state index contributed by atoms with van der Waals surface area (Å²) >= 11 is 0. The molecule has 0 unspecified atom stereocenters. The molecule has 1 spiro atoms. The van der Waals surface area contributed by atoms with E-state index in [1.807, 2.05) is 30.3 Å². The monoisotopic (exact) mass is 748 g/mol. The lowest BCUT2D eigenvalue weighted by Crippen LogP contribution is -2.57. The van der Waals surface area contributed by atoms with E-state index in [0.717, 1.165) is 15.6 Å². The second-order valence-electron chi connectivity index (χ2n) is 13.0. The van der Waals surface area contributed by atoms with Crippen LogP contribution < -0.4 is 15.0 Å². The number of carbonyl (C=O) groups excluding carboxylic acids is 3. The Morgan fingerprint density at radius 3 is 2.32 bits per heavy atom. The lowest BCUT2D eigenvalue weighted by molar-refractivity contribution is -0.154. The number of nitrogens with one attached hydrogen (secondary N) is 1. The number of anilines is 1. The maximum Gasteiger partial charge on any atom is 0.337 e. The number of hydrogen-bond acceptors (Lipinski definition) is 11. The summed E-state index contributed by atoms with van der Waals surface area (Å²) < 4.78 is 50.2. The molecule has 2 atom stereocenters. The van der Waals surface area contributed by atoms with E-state index in [-0.39, 0.29) is 48.1 Å². The SMILES string of the molecule is COC(=O)c1ccc([C@@H]2C=C(C(=O)N3CCC4(CC3)C(=O)NCN4c3ccccc3)O[C@H](OCCN(CCO)S(=O)(=O)c3ccc(OC)cc3)C2)cc1. The predicted octanol–water partition coefficient (Wildman–Crippen LogP) is 2.85. The van der Waals surface area contributed by atoms with E-state index in [1.54, 1.807) is 47.4 Å². The number of methoxy groups -OCH3 is 2. The van der Waals surface area contributed by atoms with E-state index in [1.165, 1.54) is 26.4 Å². The van der Waals surface area contributed by atoms with Crippen molar-refractivity contribution in [3.05, 3.63) is 102 Å². The summed E-state index contributed by atoms with van der Waals surface area (Å²) in [4.78, 5) is 43.1. The Balaban J connectivity index is 1.17. The number of aliphatic hydroxyl groups is 1. The topological polar surface area (TPSA) is 164 Å². The summed E-state index contributed by atoms with van der Waals surface area (Å²) in [7, 11) is -1.18. The fourth-order valence-corrected chi connectivity index (χ4v) is 8.46. The zero-order valence-corrected chi connectivity index (χ0v) is 30.5. The van der Waals surface area contributed by atoms with Crippen LogP contribution in [0.3, 0.4) is 0 Å². The van der Waals surface area contributed by atoms with Crippen molar-refractivity contribution in [2.24, 2.45) is 0 Å². The Hall–Kier alpha value is -4.96. The fraction of sp³-hybridized carbons (Fsp3) is 0.395. The van der Waals surface area contributed by atoms with Gasteiger partial charge in [0.25, 0.3) is 5.91 Å². The van der Waals surface area contributed by atoms with Crippen LogP contribution in [-0.4, -0.2) is 113 Å². The van der Waals surface area contributed by atoms with Crippen LogP contribution in [-0.2, 0) is 33.8 Å². The molecule has 53 heavy (non-hydrogen) atoms. The number of aliphatic hydroxyl groups excluding tert-OH is 1. The third kappa shape index (κ3) is 8.03. The number of sulfonamides is 1. The van der Waals surface area contributed by atoms with Crippen LogP contribution in [0.1, 0.15) is 41.1 Å². The van der Waals surface area contributed by atoms with Gasteiger partial charge in [0.2, 0.25) is 22.2 Å². The first-order valence-corrected chi connectivity index (χ1v) is 18.9. The number of likely N-dealkylation sites (tertiary alicyclic amines) is 1. The van der Waals surface area contributed by atoms with Gasteiger partial charge in [0.15, 0.2) is 5.76 Å². The van der Waals surface area contributed by atoms with E-state index in [4.69, 9.17) is 18.9 Å². The number of allylic oxidation sites excluding steroid dienone is 1. The molecule has 2 fully saturated rings. The summed E-state index contributed by atoms with van der Waals surface area (Å²) in [6.45, 7) is 0.290. The highest BCUT2D eigenvalue weighted by Crippen LogP contribution is 2.38. The molecule has 0 radical (unpaired) electrons. The summed E-state index contributed by atoms with van der Waals surface area (Å²) in [5.41, 5.74) is 1.34. The highest BCUT2D eigenvalue weighted by molar-refractivity contribution is 7.89. The minimum Gasteiger partial charge on any atom is -0.497 e. The number of nitrogens with zero attached hydrogens (tertiary/aromatic N) is 3. The molecular formula is C38H44N4O10S. The molecule has 3 heterocycles. The fourth-order valence-electron chi connectivity index (χ4n) is 7.04. The number of piperidine rings is 1. The van der Waals surface area contributed by atoms with E-state index < -0.39 is 34.4 Å². The molecule has 3 aromatic rings. The molecule has 2 saturated heterocycles. The number of amides is 2. The number of benzene rings is 3. The number of rotatable bonds is 13. The van der Waals surface area contributed by atoms with Crippen LogP contribution in [0.2, 0.25) is 0 Å². The second kappa shape index (κ2) is 16.4. The average Bonchev–Trinajstić information content (AvgIpc) is 3.51. The van der Waals surface area contributed by atoms with Crippen molar-refractivity contribution in [1.82, 2.24) is 14.5 Å². The van der Waals surface area contributed by atoms with Crippen LogP contribution in [0.15, 0.2) is 95.6 Å². The molecule has 14 nitrogen and oxygen atoms in total. The largest absolute Gasteiger partial charge is 0.497 e. The Labute approximate surface area is 308 Å². The smallest absolute Gasteiger partial charge is 0.337 e. The van der Waals surface area contributed by atoms with Crippen molar-refractivity contribution in [2.75, 3.05) is 65.2 Å². The molecule has 6 rings (SSSR count). The van der Waals surface area contributed by atoms with Gasteiger partial charge in [0.05, 0.1) is 44.6 Å². The van der Waals surface area contributed by atoms with Gasteiger partial charge in [-0.1, -0.05) is 30.3 Å². The first-order chi connectivity index (χ1) is 25.6. The van der Waals surface area contributed by atoms with Crippen molar-refractivity contribution < 1.29 is 46.9 Å². The Kier molecular flexibility index (Phi) is 11.7. The van der Waals surface area contributed by atoms with Gasteiger partial charge in [0, 0.05) is 44.2 Å². The molecule has 2 amide bonds. The number of carbonyl (C=O) groups is 3. The quantitative estimate of drug-likeness (QED) is 0.247. The average molecular weight is 749 g/mol. The van der Waals surface area contributed by atoms with Gasteiger partial charge in [0.1, 0.15) is 11.3 Å². The minimum absolute atomic E-state index is 0.0391. The van der Waals surface area contributed by atoms with E-state index in [2.05, 4.69) is 10.2 Å². The van der Waals surface area contributed by atoms with Crippen LogP contribution in [0, 0.1) is 0 Å². The lowest BCUT2D eigenvalue weighted by atomic mass is 9.85. The lowest BCUT2D eigenvalue weighted by Gasteiger charge is -2.43. The normalized spacial score (nSPS) is 19.8. The van der Waals surface area contributed by atoms with Gasteiger partial charge >= 0.3 is 5.97 Å². The number of ether oxygens (including phenoxy) is 4. The van der Waals surface area contributed by atoms with Crippen molar-refractivity contribution in [3.8, 4) is 5.75 Å². The van der Waals surface area contributed by atoms with E-state index in [9.17, 15) is 27.9 Å². The van der Waals surface area contributed by atoms with Crippen molar-refractivity contribution in [3.63, 3.8) is 0 Å². The van der Waals surface area contributed by atoms with E-state index in [0.29, 0.717) is 50.3 Å². The third-order valence-electron chi connectivity index (χ3n) is 10.0. The molecule has 2 N–H and O–H groups in total. The summed E-state index contributed by atoms with van der Waals surface area (Å²) in [6.07, 6.45) is 1.97. The van der Waals surface area contributed by atoms with Gasteiger partial charge < -0.3 is 39.2 Å². The molecule has 3 aromatic carbocycles. The van der Waals surface area contributed by atoms with E-state index >= 15 is 0 Å². The van der Waals surface area contributed by atoms with Gasteiger partial charge in [-0.3, -0.25) is 9.59 Å². The van der Waals surface area contributed by atoms with Crippen molar-refractivity contribution in [2.45, 2.75) is 41.9 Å². The molecule has 0 bridgehead atoms. The summed E-state index contributed by atoms with van der Waals surface area (Å²) in [5.74, 6) is -0.648. The summed E-state index contributed by atoms with van der Waals surface area (Å²) in [6, 6.07) is 22.5. The highest BCUT2D eigenvalue weighted by Gasteiger charge is 2.51. The molecule has 0 aromatic heterocycles. The Morgan fingerprint density at radius 1 is 0.981 bits per heavy atom. The van der Waals surface area contributed by atoms with Crippen molar-refractivity contribution >= 4 is 33.5 Å². The first kappa shape index (κ1) is 37.8. The molecule has 0 saturated carbocycles. The Morgan fingerprint density at radius 2 is 1.68 bits per heavy atom. The number of para-hydroxylation sites is 1. The molecule has 0 aliphatic carbocycles. The highest BCUT2D eigenvalue weighted by atomic mass is 32.2. The molecule has 282 valence electrons. The number of esters is 1. The third-order valence-corrected chi connectivity index (χ3v) is 11.9. The standard InChI is InChI=1S/C38H44N4O10S/c1-49-31-12-14-32(15-13-31)53(47,48)41(20-22-43)21-23-51-34-25-29(27-8-10-28(11-9-27)36(45)50-2)24-33(52-34)35(44)40-18-16-38(17-19-40)37(46)39-26-42(38)30-6-4-3-5-7-30/h3-15,24,29,34,43H,16-23,25-26H2,1-2H3,(H,39,46)/t29-,34+/m1/s1. The Bertz CT molecular complexity index is 1900. The zero-order valence-electron chi connectivity index (χ0n) is 29.7. The first-order valence-electron chi connectivity index (χ1n) is 17.4. The summed E-state index contributed by atoms with van der Waals surface area (Å²) in [5, 5.41) is 12.7.